The summed E-state index contributed by atoms with van der Waals surface area (Å²) in [7, 11) is 0. The third-order valence-corrected chi connectivity index (χ3v) is 4.68. The van der Waals surface area contributed by atoms with Gasteiger partial charge >= 0.3 is 0 Å². The lowest BCUT2D eigenvalue weighted by molar-refractivity contribution is 0.639. The van der Waals surface area contributed by atoms with Gasteiger partial charge in [0.05, 0.1) is 12.1 Å². The van der Waals surface area contributed by atoms with Gasteiger partial charge in [0.25, 0.3) is 0 Å². The second-order valence-electron chi connectivity index (χ2n) is 3.81. The van der Waals surface area contributed by atoms with Crippen LogP contribution in [0.5, 0.6) is 0 Å². The van der Waals surface area contributed by atoms with E-state index in [1.807, 2.05) is 29.8 Å². The maximum Gasteiger partial charge on any atom is 0.132 e. The molecule has 3 aromatic rings. The van der Waals surface area contributed by atoms with Gasteiger partial charge in [0.1, 0.15) is 5.82 Å². The Labute approximate surface area is 111 Å². The minimum absolute atomic E-state index is 0.161. The molecule has 17 heavy (non-hydrogen) atoms. The first-order chi connectivity index (χ1) is 8.25. The number of rotatable bonds is 2. The number of benzene rings is 1. The molecule has 0 amide bonds. The van der Waals surface area contributed by atoms with Gasteiger partial charge in [0.2, 0.25) is 0 Å². The van der Waals surface area contributed by atoms with Gasteiger partial charge in [-0.15, -0.1) is 11.3 Å². The van der Waals surface area contributed by atoms with E-state index < -0.39 is 0 Å². The zero-order valence-electron chi connectivity index (χ0n) is 8.86. The summed E-state index contributed by atoms with van der Waals surface area (Å²) in [5.74, 6) is -0.161. The number of nitrogens with zero attached hydrogens (tertiary/aromatic N) is 1. The Balaban J connectivity index is 2.07. The molecule has 0 radical (unpaired) electrons. The topological polar surface area (TPSA) is 4.93 Å². The fraction of sp³-hybridized carbons (Fsp3) is 0.0769. The van der Waals surface area contributed by atoms with Crippen molar-refractivity contribution in [1.82, 2.24) is 4.57 Å². The molecule has 0 saturated heterocycles. The van der Waals surface area contributed by atoms with Crippen LogP contribution < -0.4 is 0 Å². The normalized spacial score (nSPS) is 11.2. The Hall–Kier alpha value is -1.13. The maximum absolute atomic E-state index is 13.5. The molecular weight excluding hydrogens is 301 g/mol. The van der Waals surface area contributed by atoms with E-state index in [9.17, 15) is 4.39 Å². The predicted molar refractivity (Wildman–Crippen MR) is 73.0 cm³/mol. The molecule has 0 aliphatic heterocycles. The summed E-state index contributed by atoms with van der Waals surface area (Å²) in [5, 5.41) is 2.73. The largest absolute Gasteiger partial charge is 0.342 e. The van der Waals surface area contributed by atoms with Crippen LogP contribution in [-0.4, -0.2) is 4.57 Å². The summed E-state index contributed by atoms with van der Waals surface area (Å²) >= 11 is 5.21. The Morgan fingerprint density at radius 1 is 1.24 bits per heavy atom. The number of thiophene rings is 1. The number of hydrogen-bond donors (Lipinski definition) is 0. The summed E-state index contributed by atoms with van der Waals surface area (Å²) in [6.07, 6.45) is 1.93. The molecule has 0 aliphatic carbocycles. The molecule has 0 N–H and O–H groups in total. The Morgan fingerprint density at radius 2 is 2.12 bits per heavy atom. The molecule has 0 saturated carbocycles. The SMILES string of the molecule is Fc1cccc2c1ccn2Cc1sccc1Br. The molecule has 0 unspecified atom stereocenters. The summed E-state index contributed by atoms with van der Waals surface area (Å²) in [6, 6.07) is 9.05. The molecule has 0 atom stereocenters. The Bertz CT molecular complexity index is 671. The van der Waals surface area contributed by atoms with Crippen molar-refractivity contribution in [2.24, 2.45) is 0 Å². The third-order valence-electron chi connectivity index (χ3n) is 2.77. The third kappa shape index (κ3) is 1.91. The molecule has 0 fully saturated rings. The second-order valence-corrected chi connectivity index (χ2v) is 5.66. The summed E-state index contributed by atoms with van der Waals surface area (Å²) < 4.78 is 16.7. The summed E-state index contributed by atoms with van der Waals surface area (Å²) in [4.78, 5) is 1.24. The molecular formula is C13H9BrFNS. The highest BCUT2D eigenvalue weighted by atomic mass is 79.9. The van der Waals surface area contributed by atoms with E-state index in [4.69, 9.17) is 0 Å². The van der Waals surface area contributed by atoms with Gasteiger partial charge in [0, 0.05) is 20.9 Å². The predicted octanol–water partition coefficient (Wildman–Crippen LogP) is 4.65. The lowest BCUT2D eigenvalue weighted by atomic mass is 10.2. The van der Waals surface area contributed by atoms with Crippen molar-refractivity contribution in [3.63, 3.8) is 0 Å². The van der Waals surface area contributed by atoms with Crippen LogP contribution in [0.15, 0.2) is 46.4 Å². The van der Waals surface area contributed by atoms with Gasteiger partial charge in [-0.3, -0.25) is 0 Å². The van der Waals surface area contributed by atoms with E-state index >= 15 is 0 Å². The molecule has 1 nitrogen and oxygen atoms in total. The Kier molecular flexibility index (Phi) is 2.76. The van der Waals surface area contributed by atoms with Gasteiger partial charge in [-0.05, 0) is 45.6 Å². The van der Waals surface area contributed by atoms with Crippen LogP contribution in [0.1, 0.15) is 4.88 Å². The molecule has 0 aliphatic rings. The highest BCUT2D eigenvalue weighted by Crippen LogP contribution is 2.26. The minimum atomic E-state index is -0.161. The highest BCUT2D eigenvalue weighted by Gasteiger charge is 2.07. The van der Waals surface area contributed by atoms with Crippen LogP contribution in [0.3, 0.4) is 0 Å². The Morgan fingerprint density at radius 3 is 2.88 bits per heavy atom. The fourth-order valence-electron chi connectivity index (χ4n) is 1.92. The van der Waals surface area contributed by atoms with E-state index in [1.54, 1.807) is 17.4 Å². The van der Waals surface area contributed by atoms with E-state index in [2.05, 4.69) is 20.5 Å². The van der Waals surface area contributed by atoms with Crippen LogP contribution in [-0.2, 0) is 6.54 Å². The fourth-order valence-corrected chi connectivity index (χ4v) is 3.39. The van der Waals surface area contributed by atoms with Crippen molar-refractivity contribution in [2.45, 2.75) is 6.54 Å². The molecule has 0 spiro atoms. The molecule has 2 aromatic heterocycles. The molecule has 2 heterocycles. The molecule has 4 heteroatoms. The highest BCUT2D eigenvalue weighted by molar-refractivity contribution is 9.10. The van der Waals surface area contributed by atoms with Crippen LogP contribution in [0.2, 0.25) is 0 Å². The monoisotopic (exact) mass is 309 g/mol. The zero-order chi connectivity index (χ0) is 11.8. The molecule has 1 aromatic carbocycles. The molecule has 86 valence electrons. The molecule has 0 bridgehead atoms. The van der Waals surface area contributed by atoms with Gasteiger partial charge in [-0.2, -0.15) is 0 Å². The smallest absolute Gasteiger partial charge is 0.132 e. The number of fused-ring (bicyclic) bond motifs is 1. The van der Waals surface area contributed by atoms with Gasteiger partial charge in [-0.1, -0.05) is 6.07 Å². The average Bonchev–Trinajstić information content (AvgIpc) is 2.89. The zero-order valence-corrected chi connectivity index (χ0v) is 11.3. The van der Waals surface area contributed by atoms with Crippen molar-refractivity contribution >= 4 is 38.2 Å². The maximum atomic E-state index is 13.5. The first-order valence-electron chi connectivity index (χ1n) is 5.21. The number of aromatic nitrogens is 1. The second kappa shape index (κ2) is 4.27. The van der Waals surface area contributed by atoms with Gasteiger partial charge in [0.15, 0.2) is 0 Å². The van der Waals surface area contributed by atoms with Crippen molar-refractivity contribution < 1.29 is 4.39 Å². The van der Waals surface area contributed by atoms with Crippen LogP contribution >= 0.6 is 27.3 Å². The van der Waals surface area contributed by atoms with Crippen LogP contribution in [0, 0.1) is 5.82 Å². The first-order valence-corrected chi connectivity index (χ1v) is 6.88. The minimum Gasteiger partial charge on any atom is -0.342 e. The van der Waals surface area contributed by atoms with E-state index in [-0.39, 0.29) is 5.82 Å². The van der Waals surface area contributed by atoms with Crippen molar-refractivity contribution in [2.75, 3.05) is 0 Å². The number of halogens is 2. The summed E-state index contributed by atoms with van der Waals surface area (Å²) in [6.45, 7) is 0.769. The molecule has 3 rings (SSSR count). The van der Waals surface area contributed by atoms with Crippen molar-refractivity contribution in [1.29, 1.82) is 0 Å². The standard InChI is InChI=1S/C13H9BrFNS/c14-10-5-7-17-13(10)8-16-6-4-9-11(15)2-1-3-12(9)16/h1-7H,8H2. The first kappa shape index (κ1) is 11.0. The van der Waals surface area contributed by atoms with Gasteiger partial charge < -0.3 is 4.57 Å². The van der Waals surface area contributed by atoms with Crippen LogP contribution in [0.25, 0.3) is 10.9 Å². The van der Waals surface area contributed by atoms with Crippen molar-refractivity contribution in [3.8, 4) is 0 Å². The van der Waals surface area contributed by atoms with Crippen LogP contribution in [0.4, 0.5) is 4.39 Å². The van der Waals surface area contributed by atoms with Gasteiger partial charge in [-0.25, -0.2) is 4.39 Å². The lowest BCUT2D eigenvalue weighted by Crippen LogP contribution is -1.96. The summed E-state index contributed by atoms with van der Waals surface area (Å²) in [5.41, 5.74) is 0.935. The van der Waals surface area contributed by atoms with E-state index in [0.717, 1.165) is 16.5 Å². The van der Waals surface area contributed by atoms with E-state index in [0.29, 0.717) is 5.39 Å². The lowest BCUT2D eigenvalue weighted by Gasteiger charge is -2.04. The van der Waals surface area contributed by atoms with E-state index in [1.165, 1.54) is 10.9 Å². The number of hydrogen-bond acceptors (Lipinski definition) is 1. The quantitative estimate of drug-likeness (QED) is 0.649. The van der Waals surface area contributed by atoms with Crippen molar-refractivity contribution in [3.05, 3.63) is 57.1 Å². The average molecular weight is 310 g/mol.